The maximum atomic E-state index is 9.19. The second kappa shape index (κ2) is 15.5. The maximum absolute atomic E-state index is 9.19. The summed E-state index contributed by atoms with van der Waals surface area (Å²) in [5.41, 5.74) is 0.693. The lowest BCUT2D eigenvalue weighted by Crippen LogP contribution is -2.51. The van der Waals surface area contributed by atoms with Crippen molar-refractivity contribution >= 4 is 22.0 Å². The largest absolute Gasteiger partial charge is 0.497 e. The molecule has 0 atom stereocenters. The van der Waals surface area contributed by atoms with E-state index in [4.69, 9.17) is 9.29 Å². The van der Waals surface area contributed by atoms with Crippen molar-refractivity contribution in [2.45, 2.75) is 84.3 Å². The van der Waals surface area contributed by atoms with Gasteiger partial charge in [-0.3, -0.25) is 9.87 Å². The van der Waals surface area contributed by atoms with E-state index in [1.54, 1.807) is 7.11 Å². The van der Waals surface area contributed by atoms with Crippen LogP contribution < -0.4 is 20.7 Å². The zero-order valence-corrected chi connectivity index (χ0v) is 22.2. The third-order valence-corrected chi connectivity index (χ3v) is 4.95. The van der Waals surface area contributed by atoms with Crippen LogP contribution in [-0.2, 0) is 16.7 Å². The molecule has 0 saturated heterocycles. The Morgan fingerprint density at radius 1 is 0.941 bits per heavy atom. The van der Waals surface area contributed by atoms with Gasteiger partial charge in [0.15, 0.2) is 5.66 Å². The first-order chi connectivity index (χ1) is 16.0. The van der Waals surface area contributed by atoms with Crippen LogP contribution in [0.2, 0.25) is 0 Å². The van der Waals surface area contributed by atoms with Gasteiger partial charge >= 0.3 is 0 Å². The molecule has 4 N–H and O–H groups in total. The summed E-state index contributed by atoms with van der Waals surface area (Å²) in [5.74, 6) is 2.41. The van der Waals surface area contributed by atoms with Crippen molar-refractivity contribution in [2.75, 3.05) is 19.9 Å². The standard InChI is InChI=1S/C23H39N5O.CH4O3S/c1-5-6-7-8-9-10-11-12-17-24-21-26-22(28-23(2,3)27-21)25-18-19-13-15-20(29-4)16-14-19;1-5(2,3)4/h13-16H,5-12,17-18H2,1-4H3,(H3,24,25,26,27,28);1H3,(H,2,3,4). The van der Waals surface area contributed by atoms with Crippen LogP contribution in [0.3, 0.4) is 0 Å². The van der Waals surface area contributed by atoms with Crippen LogP contribution in [0.4, 0.5) is 0 Å². The number of guanidine groups is 2. The fraction of sp³-hybridized carbons (Fsp3) is 0.667. The molecule has 0 saturated carbocycles. The van der Waals surface area contributed by atoms with E-state index >= 15 is 0 Å². The molecule has 194 valence electrons. The molecule has 1 aliphatic heterocycles. The van der Waals surface area contributed by atoms with Gasteiger partial charge in [0.2, 0.25) is 11.9 Å². The lowest BCUT2D eigenvalue weighted by atomic mass is 10.1. The molecule has 1 aromatic carbocycles. The molecule has 0 unspecified atom stereocenters. The Hall–Kier alpha value is -2.33. The maximum Gasteiger partial charge on any atom is 0.261 e. The lowest BCUT2D eigenvalue weighted by molar-refractivity contribution is 0.414. The van der Waals surface area contributed by atoms with E-state index in [-0.39, 0.29) is 0 Å². The first kappa shape index (κ1) is 29.7. The zero-order chi connectivity index (χ0) is 25.5. The van der Waals surface area contributed by atoms with Crippen LogP contribution in [-0.4, -0.2) is 50.5 Å². The molecule has 34 heavy (non-hydrogen) atoms. The topological polar surface area (TPSA) is 124 Å². The number of methoxy groups -OCH3 is 1. The molecule has 1 aromatic rings. The molecule has 0 aromatic heterocycles. The Morgan fingerprint density at radius 3 is 1.97 bits per heavy atom. The van der Waals surface area contributed by atoms with Crippen molar-refractivity contribution in [3.05, 3.63) is 29.8 Å². The van der Waals surface area contributed by atoms with E-state index in [0.29, 0.717) is 12.8 Å². The van der Waals surface area contributed by atoms with Gasteiger partial charge in [0, 0.05) is 13.1 Å². The van der Waals surface area contributed by atoms with Gasteiger partial charge in [0.05, 0.1) is 13.4 Å². The first-order valence-corrected chi connectivity index (χ1v) is 13.9. The monoisotopic (exact) mass is 497 g/mol. The van der Waals surface area contributed by atoms with Gasteiger partial charge in [0.1, 0.15) is 5.75 Å². The minimum atomic E-state index is -3.67. The molecule has 0 amide bonds. The third kappa shape index (κ3) is 15.5. The zero-order valence-electron chi connectivity index (χ0n) is 21.4. The predicted molar refractivity (Wildman–Crippen MR) is 140 cm³/mol. The van der Waals surface area contributed by atoms with Crippen molar-refractivity contribution in [3.8, 4) is 5.75 Å². The van der Waals surface area contributed by atoms with Gasteiger partial charge in [0.25, 0.3) is 10.1 Å². The number of nitrogens with one attached hydrogen (secondary N) is 3. The Bertz CT molecular complexity index is 860. The Kier molecular flexibility index (Phi) is 13.6. The Morgan fingerprint density at radius 2 is 1.44 bits per heavy atom. The van der Waals surface area contributed by atoms with Gasteiger partial charge in [-0.05, 0) is 38.0 Å². The highest BCUT2D eigenvalue weighted by Gasteiger charge is 2.22. The van der Waals surface area contributed by atoms with Crippen LogP contribution in [0, 0.1) is 0 Å². The van der Waals surface area contributed by atoms with Gasteiger partial charge in [-0.1, -0.05) is 64.0 Å². The van der Waals surface area contributed by atoms with Gasteiger partial charge in [-0.25, -0.2) is 9.98 Å². The van der Waals surface area contributed by atoms with E-state index in [1.165, 1.54) is 56.9 Å². The van der Waals surface area contributed by atoms with Crippen LogP contribution in [0.25, 0.3) is 0 Å². The summed E-state index contributed by atoms with van der Waals surface area (Å²) >= 11 is 0. The number of ether oxygens (including phenoxy) is 1. The molecule has 0 fully saturated rings. The minimum Gasteiger partial charge on any atom is -0.497 e. The highest BCUT2D eigenvalue weighted by Crippen LogP contribution is 2.14. The van der Waals surface area contributed by atoms with Crippen LogP contribution in [0.5, 0.6) is 5.75 Å². The van der Waals surface area contributed by atoms with Crippen molar-refractivity contribution in [2.24, 2.45) is 9.98 Å². The quantitative estimate of drug-likeness (QED) is 0.253. The normalized spacial score (nSPS) is 14.6. The fourth-order valence-electron chi connectivity index (χ4n) is 3.30. The molecule has 0 spiro atoms. The molecule has 10 heteroatoms. The Labute approximate surface area is 205 Å². The summed E-state index contributed by atoms with van der Waals surface area (Å²) in [6.07, 6.45) is 11.3. The number of hydrogen-bond acceptors (Lipinski definition) is 8. The molecule has 0 radical (unpaired) electrons. The molecule has 1 heterocycles. The second-order valence-corrected chi connectivity index (χ2v) is 10.3. The molecular formula is C24H43N5O4S. The number of benzene rings is 1. The van der Waals surface area contributed by atoms with Crippen LogP contribution in [0.1, 0.15) is 77.7 Å². The van der Waals surface area contributed by atoms with Crippen molar-refractivity contribution in [1.82, 2.24) is 16.0 Å². The number of rotatable bonds is 12. The van der Waals surface area contributed by atoms with Crippen LogP contribution in [0.15, 0.2) is 34.3 Å². The van der Waals surface area contributed by atoms with E-state index in [2.05, 4.69) is 45.0 Å². The molecule has 0 aliphatic carbocycles. The Balaban J connectivity index is 0.00000104. The fourth-order valence-corrected chi connectivity index (χ4v) is 3.30. The van der Waals surface area contributed by atoms with E-state index < -0.39 is 15.8 Å². The molecule has 1 aliphatic rings. The highest BCUT2D eigenvalue weighted by atomic mass is 32.2. The highest BCUT2D eigenvalue weighted by molar-refractivity contribution is 7.85. The van der Waals surface area contributed by atoms with E-state index in [0.717, 1.165) is 24.2 Å². The lowest BCUT2D eigenvalue weighted by Gasteiger charge is -2.26. The molecule has 9 nitrogen and oxygen atoms in total. The van der Waals surface area contributed by atoms with Crippen LogP contribution >= 0.6 is 0 Å². The summed E-state index contributed by atoms with van der Waals surface area (Å²) in [7, 11) is -1.99. The predicted octanol–water partition coefficient (Wildman–Crippen LogP) is 4.07. The molecular weight excluding hydrogens is 454 g/mol. The number of unbranched alkanes of at least 4 members (excludes halogenated alkanes) is 7. The first-order valence-electron chi connectivity index (χ1n) is 12.0. The summed E-state index contributed by atoms with van der Waals surface area (Å²) in [6, 6.07) is 8.04. The second-order valence-electron chi connectivity index (χ2n) is 8.88. The van der Waals surface area contributed by atoms with E-state index in [9.17, 15) is 8.42 Å². The van der Waals surface area contributed by atoms with Gasteiger partial charge in [-0.2, -0.15) is 8.42 Å². The van der Waals surface area contributed by atoms with Crippen molar-refractivity contribution < 1.29 is 17.7 Å². The summed E-state index contributed by atoms with van der Waals surface area (Å²) in [6.45, 7) is 7.92. The summed E-state index contributed by atoms with van der Waals surface area (Å²) in [4.78, 5) is 9.31. The number of hydrogen-bond donors (Lipinski definition) is 4. The van der Waals surface area contributed by atoms with Gasteiger partial charge in [-0.15, -0.1) is 0 Å². The number of aliphatic imine (C=N–C) groups is 2. The third-order valence-electron chi connectivity index (χ3n) is 4.95. The van der Waals surface area contributed by atoms with E-state index in [1.807, 2.05) is 26.0 Å². The average Bonchev–Trinajstić information content (AvgIpc) is 2.75. The summed E-state index contributed by atoms with van der Waals surface area (Å²) in [5, 5.41) is 10.1. The molecule has 0 bridgehead atoms. The summed E-state index contributed by atoms with van der Waals surface area (Å²) < 4.78 is 31.1. The minimum absolute atomic E-state index is 0.477. The average molecular weight is 498 g/mol. The smallest absolute Gasteiger partial charge is 0.261 e. The SMILES string of the molecule is CCCCCCCCCCNC1=NC(C)(C)N=C(NCc2ccc(OC)cc2)N1.CS(=O)(=O)O. The van der Waals surface area contributed by atoms with Gasteiger partial charge < -0.3 is 15.4 Å². The van der Waals surface area contributed by atoms with Crippen molar-refractivity contribution in [3.63, 3.8) is 0 Å². The molecule has 2 rings (SSSR count). The number of nitrogens with zero attached hydrogens (tertiary/aromatic N) is 2. The van der Waals surface area contributed by atoms with Crippen molar-refractivity contribution in [1.29, 1.82) is 0 Å².